The van der Waals surface area contributed by atoms with Crippen LogP contribution in [0.1, 0.15) is 17.4 Å². The highest BCUT2D eigenvalue weighted by Gasteiger charge is 2.29. The normalized spacial score (nSPS) is 15.8. The highest BCUT2D eigenvalue weighted by Crippen LogP contribution is 2.44. The number of aliphatic imine (C=N–C) groups is 2. The second-order valence-electron chi connectivity index (χ2n) is 9.90. The maximum atomic E-state index is 5.30. The van der Waals surface area contributed by atoms with Crippen LogP contribution >= 0.6 is 11.3 Å². The van der Waals surface area contributed by atoms with E-state index in [4.69, 9.17) is 9.98 Å². The molecule has 1 aliphatic rings. The van der Waals surface area contributed by atoms with Gasteiger partial charge in [-0.05, 0) is 18.2 Å². The van der Waals surface area contributed by atoms with Gasteiger partial charge in [0.25, 0.3) is 0 Å². The summed E-state index contributed by atoms with van der Waals surface area (Å²) < 4.78 is 5.02. The van der Waals surface area contributed by atoms with Gasteiger partial charge >= 0.3 is 0 Å². The molecular formula is C34H24N4S. The van der Waals surface area contributed by atoms with Crippen molar-refractivity contribution < 1.29 is 0 Å². The molecule has 1 aliphatic heterocycles. The lowest BCUT2D eigenvalue weighted by molar-refractivity contribution is 0.297. The number of fused-ring (bicyclic) bond motifs is 7. The molecule has 4 nitrogen and oxygen atoms in total. The molecule has 0 aliphatic carbocycles. The van der Waals surface area contributed by atoms with Crippen LogP contribution in [0.4, 0.5) is 0 Å². The van der Waals surface area contributed by atoms with Crippen LogP contribution in [0.25, 0.3) is 42.0 Å². The number of rotatable bonds is 3. The Balaban J connectivity index is 1.44. The fourth-order valence-corrected chi connectivity index (χ4v) is 7.10. The number of hydrogen-bond acceptors (Lipinski definition) is 4. The number of aromatic nitrogens is 1. The van der Waals surface area contributed by atoms with Crippen molar-refractivity contribution in [2.24, 2.45) is 9.98 Å². The molecule has 5 aromatic carbocycles. The van der Waals surface area contributed by atoms with Crippen LogP contribution in [0.15, 0.2) is 131 Å². The Morgan fingerprint density at radius 2 is 1.28 bits per heavy atom. The van der Waals surface area contributed by atoms with Crippen molar-refractivity contribution in [3.8, 4) is 0 Å². The highest BCUT2D eigenvalue weighted by atomic mass is 32.1. The summed E-state index contributed by atoms with van der Waals surface area (Å²) in [6.45, 7) is 0. The number of benzene rings is 5. The van der Waals surface area contributed by atoms with Crippen molar-refractivity contribution in [1.29, 1.82) is 0 Å². The number of amidine groups is 2. The first-order valence-electron chi connectivity index (χ1n) is 13.1. The maximum Gasteiger partial charge on any atom is 0.206 e. The van der Waals surface area contributed by atoms with Gasteiger partial charge < -0.3 is 9.47 Å². The number of hydrogen-bond donors (Lipinski definition) is 0. The lowest BCUT2D eigenvalue weighted by Crippen LogP contribution is -2.38. The third-order valence-electron chi connectivity index (χ3n) is 7.64. The van der Waals surface area contributed by atoms with Crippen LogP contribution in [0.2, 0.25) is 0 Å². The Bertz CT molecular complexity index is 2080. The van der Waals surface area contributed by atoms with Crippen molar-refractivity contribution in [1.82, 2.24) is 9.47 Å². The Hall–Kier alpha value is -4.74. The fourth-order valence-electron chi connectivity index (χ4n) is 5.84. The van der Waals surface area contributed by atoms with Gasteiger partial charge in [-0.3, -0.25) is 0 Å². The topological polar surface area (TPSA) is 32.9 Å². The van der Waals surface area contributed by atoms with Crippen molar-refractivity contribution in [3.05, 3.63) is 132 Å². The molecule has 0 spiro atoms. The van der Waals surface area contributed by atoms with Gasteiger partial charge in [-0.1, -0.05) is 103 Å². The zero-order chi connectivity index (χ0) is 25.9. The summed E-state index contributed by atoms with van der Waals surface area (Å²) in [5.74, 6) is 1.65. The third-order valence-corrected chi connectivity index (χ3v) is 8.85. The van der Waals surface area contributed by atoms with Gasteiger partial charge in [0.15, 0.2) is 5.84 Å². The minimum absolute atomic E-state index is 0.304. The molecule has 39 heavy (non-hydrogen) atoms. The van der Waals surface area contributed by atoms with Gasteiger partial charge in [0.1, 0.15) is 5.84 Å². The predicted octanol–water partition coefficient (Wildman–Crippen LogP) is 8.46. The Kier molecular flexibility index (Phi) is 4.94. The van der Waals surface area contributed by atoms with Crippen molar-refractivity contribution in [2.75, 3.05) is 7.05 Å². The summed E-state index contributed by atoms with van der Waals surface area (Å²) in [6.07, 6.45) is -0.304. The van der Waals surface area contributed by atoms with Gasteiger partial charge in [0.05, 0.1) is 11.0 Å². The lowest BCUT2D eigenvalue weighted by atomic mass is 10.1. The molecule has 0 saturated heterocycles. The van der Waals surface area contributed by atoms with E-state index in [1.807, 2.05) is 35.6 Å². The average Bonchev–Trinajstić information content (AvgIpc) is 3.54. The molecule has 5 heteroatoms. The van der Waals surface area contributed by atoms with Crippen molar-refractivity contribution in [2.45, 2.75) is 6.29 Å². The Morgan fingerprint density at radius 1 is 0.615 bits per heavy atom. The number of thiophene rings is 1. The lowest BCUT2D eigenvalue weighted by Gasteiger charge is -2.33. The molecular weight excluding hydrogens is 496 g/mol. The smallest absolute Gasteiger partial charge is 0.206 e. The minimum atomic E-state index is -0.304. The predicted molar refractivity (Wildman–Crippen MR) is 165 cm³/mol. The molecule has 186 valence electrons. The fraction of sp³-hybridized carbons (Fsp3) is 0.0588. The van der Waals surface area contributed by atoms with Crippen LogP contribution in [0, 0.1) is 0 Å². The molecule has 0 amide bonds. The monoisotopic (exact) mass is 520 g/mol. The SMILES string of the molecule is CN1C(c2ccccc2)=NC(c2ccccc2)=NC1n1c2ccccc2c2c3sc4ccccc4c3ccc21. The summed E-state index contributed by atoms with van der Waals surface area (Å²) >= 11 is 1.88. The Labute approximate surface area is 229 Å². The summed E-state index contributed by atoms with van der Waals surface area (Å²) in [5.41, 5.74) is 4.43. The third kappa shape index (κ3) is 3.37. The van der Waals surface area contributed by atoms with Gasteiger partial charge in [0, 0.05) is 49.1 Å². The second kappa shape index (κ2) is 8.65. The van der Waals surface area contributed by atoms with Crippen LogP contribution in [-0.4, -0.2) is 28.2 Å². The summed E-state index contributed by atoms with van der Waals surface area (Å²) in [6, 6.07) is 42.7. The number of nitrogens with zero attached hydrogens (tertiary/aromatic N) is 4. The van der Waals surface area contributed by atoms with Crippen LogP contribution in [0.3, 0.4) is 0 Å². The first-order valence-corrected chi connectivity index (χ1v) is 13.9. The van der Waals surface area contributed by atoms with Crippen molar-refractivity contribution >= 4 is 65.0 Å². The first kappa shape index (κ1) is 22.3. The summed E-state index contributed by atoms with van der Waals surface area (Å²) in [7, 11) is 2.10. The van der Waals surface area contributed by atoms with E-state index in [9.17, 15) is 0 Å². The Morgan fingerprint density at radius 3 is 2.08 bits per heavy atom. The average molecular weight is 521 g/mol. The van der Waals surface area contributed by atoms with E-state index in [1.54, 1.807) is 0 Å². The van der Waals surface area contributed by atoms with Gasteiger partial charge in [-0.2, -0.15) is 0 Å². The zero-order valence-electron chi connectivity index (χ0n) is 21.3. The summed E-state index contributed by atoms with van der Waals surface area (Å²) in [5, 5.41) is 5.16. The number of para-hydroxylation sites is 1. The maximum absolute atomic E-state index is 5.30. The van der Waals surface area contributed by atoms with Crippen molar-refractivity contribution in [3.63, 3.8) is 0 Å². The molecule has 2 aromatic heterocycles. The minimum Gasteiger partial charge on any atom is -0.320 e. The molecule has 7 aromatic rings. The van der Waals surface area contributed by atoms with E-state index >= 15 is 0 Å². The summed E-state index contributed by atoms with van der Waals surface area (Å²) in [4.78, 5) is 12.6. The van der Waals surface area contributed by atoms with Gasteiger partial charge in [-0.25, -0.2) is 9.98 Å². The molecule has 0 saturated carbocycles. The quantitative estimate of drug-likeness (QED) is 0.230. The van der Waals surface area contributed by atoms with Crippen LogP contribution < -0.4 is 0 Å². The molecule has 0 radical (unpaired) electrons. The molecule has 1 unspecified atom stereocenters. The van der Waals surface area contributed by atoms with Crippen LogP contribution in [-0.2, 0) is 0 Å². The molecule has 0 bridgehead atoms. The van der Waals surface area contributed by atoms with E-state index in [2.05, 4.69) is 114 Å². The van der Waals surface area contributed by atoms with Crippen LogP contribution in [0.5, 0.6) is 0 Å². The molecule has 3 heterocycles. The largest absolute Gasteiger partial charge is 0.320 e. The molecule has 0 N–H and O–H groups in total. The highest BCUT2D eigenvalue weighted by molar-refractivity contribution is 7.26. The second-order valence-corrected chi connectivity index (χ2v) is 11.0. The van der Waals surface area contributed by atoms with E-state index in [1.165, 1.54) is 42.0 Å². The van der Waals surface area contributed by atoms with E-state index in [-0.39, 0.29) is 6.29 Å². The van der Waals surface area contributed by atoms with E-state index in [0.717, 1.165) is 22.8 Å². The standard InChI is InChI=1S/C34H24N4S/c1-37-33(23-14-6-3-7-15-23)35-32(22-12-4-2-5-13-22)36-34(37)38-27-18-10-8-17-26(27)30-28(38)21-20-25-24-16-9-11-19-29(24)39-31(25)30/h2-21,34H,1H3. The van der Waals surface area contributed by atoms with E-state index < -0.39 is 0 Å². The first-order chi connectivity index (χ1) is 19.3. The van der Waals surface area contributed by atoms with E-state index in [0.29, 0.717) is 0 Å². The zero-order valence-corrected chi connectivity index (χ0v) is 22.1. The van der Waals surface area contributed by atoms with Gasteiger partial charge in [-0.15, -0.1) is 11.3 Å². The van der Waals surface area contributed by atoms with Gasteiger partial charge in [0.2, 0.25) is 6.29 Å². The molecule has 8 rings (SSSR count). The molecule has 1 atom stereocenters. The molecule has 0 fully saturated rings.